The maximum absolute atomic E-state index is 12.5. The van der Waals surface area contributed by atoms with Gasteiger partial charge in [0.25, 0.3) is 5.56 Å². The molecule has 3 N–H and O–H groups in total. The minimum Gasteiger partial charge on any atom is -0.369 e. The van der Waals surface area contributed by atoms with Gasteiger partial charge in [0.05, 0.1) is 6.54 Å². The van der Waals surface area contributed by atoms with Crippen LogP contribution in [0.1, 0.15) is 32.1 Å². The average Bonchev–Trinajstić information content (AvgIpc) is 2.61. The summed E-state index contributed by atoms with van der Waals surface area (Å²) in [6, 6.07) is 1.87. The van der Waals surface area contributed by atoms with Crippen molar-refractivity contribution in [3.8, 4) is 0 Å². The fraction of sp³-hybridized carbons (Fsp3) is 0.706. The van der Waals surface area contributed by atoms with Crippen molar-refractivity contribution >= 4 is 17.7 Å². The summed E-state index contributed by atoms with van der Waals surface area (Å²) in [5.74, 6) is 0.944. The van der Waals surface area contributed by atoms with Gasteiger partial charge in [0.15, 0.2) is 0 Å². The summed E-state index contributed by atoms with van der Waals surface area (Å²) in [6.07, 6.45) is 6.01. The summed E-state index contributed by atoms with van der Waals surface area (Å²) in [7, 11) is 1.94. The first-order valence-corrected chi connectivity index (χ1v) is 9.13. The molecule has 1 saturated heterocycles. The second-order valence-corrected chi connectivity index (χ2v) is 7.05. The highest BCUT2D eigenvalue weighted by Gasteiger charge is 2.25. The number of rotatable bonds is 4. The molecule has 1 aromatic rings. The molecule has 8 heteroatoms. The van der Waals surface area contributed by atoms with E-state index in [1.165, 1.54) is 25.3 Å². The van der Waals surface area contributed by atoms with Crippen LogP contribution in [0, 0.1) is 0 Å². The van der Waals surface area contributed by atoms with Crippen LogP contribution < -0.4 is 16.2 Å². The van der Waals surface area contributed by atoms with Gasteiger partial charge in [0.1, 0.15) is 5.82 Å². The number of nitrogens with zero attached hydrogens (tertiary/aromatic N) is 4. The van der Waals surface area contributed by atoms with Crippen LogP contribution in [0.3, 0.4) is 0 Å². The smallest absolute Gasteiger partial charge is 0.254 e. The predicted octanol–water partition coefficient (Wildman–Crippen LogP) is 0.265. The quantitative estimate of drug-likeness (QED) is 0.810. The Morgan fingerprint density at radius 3 is 2.60 bits per heavy atom. The van der Waals surface area contributed by atoms with E-state index in [0.29, 0.717) is 18.4 Å². The molecular formula is C17H28N6O2. The summed E-state index contributed by atoms with van der Waals surface area (Å²) in [6.45, 7) is 3.48. The van der Waals surface area contributed by atoms with Crippen molar-refractivity contribution in [2.75, 3.05) is 50.4 Å². The highest BCUT2D eigenvalue weighted by Crippen LogP contribution is 2.22. The number of nitrogen functional groups attached to an aromatic ring is 1. The van der Waals surface area contributed by atoms with Crippen molar-refractivity contribution in [3.63, 3.8) is 0 Å². The van der Waals surface area contributed by atoms with Crippen LogP contribution in [-0.2, 0) is 4.79 Å². The molecule has 0 bridgehead atoms. The van der Waals surface area contributed by atoms with Gasteiger partial charge >= 0.3 is 0 Å². The lowest BCUT2D eigenvalue weighted by Crippen LogP contribution is -2.51. The molecule has 0 unspecified atom stereocenters. The molecule has 0 atom stereocenters. The van der Waals surface area contributed by atoms with Crippen molar-refractivity contribution in [2.45, 2.75) is 38.1 Å². The average molecular weight is 348 g/mol. The highest BCUT2D eigenvalue weighted by atomic mass is 16.2. The Balaban J connectivity index is 1.50. The van der Waals surface area contributed by atoms with Gasteiger partial charge in [-0.15, -0.1) is 0 Å². The van der Waals surface area contributed by atoms with E-state index in [4.69, 9.17) is 5.73 Å². The molecule has 3 rings (SSSR count). The van der Waals surface area contributed by atoms with Crippen LogP contribution in [0.2, 0.25) is 0 Å². The number of nitrogens with two attached hydrogens (primary N) is 1. The van der Waals surface area contributed by atoms with Gasteiger partial charge < -0.3 is 15.5 Å². The second kappa shape index (κ2) is 7.86. The number of carbonyl (C=O) groups excluding carboxylic acids is 1. The lowest BCUT2D eigenvalue weighted by molar-refractivity contribution is -0.133. The summed E-state index contributed by atoms with van der Waals surface area (Å²) >= 11 is 0. The second-order valence-electron chi connectivity index (χ2n) is 7.05. The van der Waals surface area contributed by atoms with E-state index >= 15 is 0 Å². The Morgan fingerprint density at radius 2 is 1.96 bits per heavy atom. The summed E-state index contributed by atoms with van der Waals surface area (Å²) < 4.78 is 0. The van der Waals surface area contributed by atoms with Gasteiger partial charge in [-0.3, -0.25) is 19.5 Å². The SMILES string of the molecule is CN(C(=O)CN1CCN(c2cc(=O)[nH]c(N)n2)CC1)C1CCCCC1. The lowest BCUT2D eigenvalue weighted by Gasteiger charge is -2.37. The third-order valence-corrected chi connectivity index (χ3v) is 5.32. The first kappa shape index (κ1) is 17.7. The van der Waals surface area contributed by atoms with Crippen molar-refractivity contribution in [1.29, 1.82) is 0 Å². The molecule has 2 fully saturated rings. The number of nitrogens with one attached hydrogen (secondary N) is 1. The van der Waals surface area contributed by atoms with E-state index in [1.54, 1.807) is 0 Å². The molecule has 1 aliphatic carbocycles. The van der Waals surface area contributed by atoms with Crippen molar-refractivity contribution in [2.24, 2.45) is 0 Å². The molecule has 2 aliphatic rings. The van der Waals surface area contributed by atoms with Crippen LogP contribution in [0.5, 0.6) is 0 Å². The molecule has 0 spiro atoms. The Kier molecular flexibility index (Phi) is 5.57. The molecule has 2 heterocycles. The monoisotopic (exact) mass is 348 g/mol. The number of carbonyl (C=O) groups is 1. The summed E-state index contributed by atoms with van der Waals surface area (Å²) in [5.41, 5.74) is 5.37. The number of amides is 1. The van der Waals surface area contributed by atoms with E-state index in [1.807, 2.05) is 16.8 Å². The van der Waals surface area contributed by atoms with E-state index in [9.17, 15) is 9.59 Å². The fourth-order valence-electron chi connectivity index (χ4n) is 3.74. The number of anilines is 2. The minimum absolute atomic E-state index is 0.134. The molecule has 138 valence electrons. The Labute approximate surface area is 148 Å². The zero-order valence-corrected chi connectivity index (χ0v) is 14.9. The zero-order chi connectivity index (χ0) is 17.8. The number of hydrogen-bond acceptors (Lipinski definition) is 6. The Bertz CT molecular complexity index is 647. The lowest BCUT2D eigenvalue weighted by atomic mass is 9.94. The maximum atomic E-state index is 12.5. The minimum atomic E-state index is -0.241. The first-order valence-electron chi connectivity index (χ1n) is 9.13. The Morgan fingerprint density at radius 1 is 1.28 bits per heavy atom. The molecule has 1 saturated carbocycles. The van der Waals surface area contributed by atoms with Gasteiger partial charge in [0, 0.05) is 45.3 Å². The Hall–Kier alpha value is -2.09. The molecular weight excluding hydrogens is 320 g/mol. The number of aromatic amines is 1. The number of aromatic nitrogens is 2. The van der Waals surface area contributed by atoms with Gasteiger partial charge in [-0.25, -0.2) is 0 Å². The normalized spacial score (nSPS) is 19.8. The fourth-order valence-corrected chi connectivity index (χ4v) is 3.74. The predicted molar refractivity (Wildman–Crippen MR) is 97.6 cm³/mol. The summed E-state index contributed by atoms with van der Waals surface area (Å²) in [5, 5.41) is 0. The maximum Gasteiger partial charge on any atom is 0.254 e. The van der Waals surface area contributed by atoms with Gasteiger partial charge in [-0.1, -0.05) is 19.3 Å². The van der Waals surface area contributed by atoms with Crippen LogP contribution in [-0.4, -0.2) is 71.5 Å². The molecule has 1 aromatic heterocycles. The third kappa shape index (κ3) is 4.50. The largest absolute Gasteiger partial charge is 0.369 e. The van der Waals surface area contributed by atoms with E-state index in [0.717, 1.165) is 39.0 Å². The van der Waals surface area contributed by atoms with Crippen molar-refractivity contribution in [3.05, 3.63) is 16.4 Å². The van der Waals surface area contributed by atoms with Crippen LogP contribution in [0.4, 0.5) is 11.8 Å². The topological polar surface area (TPSA) is 98.6 Å². The first-order chi connectivity index (χ1) is 12.0. The van der Waals surface area contributed by atoms with Crippen LogP contribution in [0.25, 0.3) is 0 Å². The van der Waals surface area contributed by atoms with E-state index in [-0.39, 0.29) is 17.4 Å². The van der Waals surface area contributed by atoms with Crippen molar-refractivity contribution in [1.82, 2.24) is 19.8 Å². The van der Waals surface area contributed by atoms with E-state index in [2.05, 4.69) is 14.9 Å². The van der Waals surface area contributed by atoms with Crippen molar-refractivity contribution < 1.29 is 4.79 Å². The third-order valence-electron chi connectivity index (χ3n) is 5.32. The van der Waals surface area contributed by atoms with Crippen LogP contribution in [0.15, 0.2) is 10.9 Å². The van der Waals surface area contributed by atoms with Gasteiger partial charge in [0.2, 0.25) is 11.9 Å². The highest BCUT2D eigenvalue weighted by molar-refractivity contribution is 5.78. The molecule has 1 aliphatic heterocycles. The standard InChI is InChI=1S/C17H28N6O2/c1-21(13-5-3-2-4-6-13)16(25)12-22-7-9-23(10-8-22)14-11-15(24)20-17(18)19-14/h11,13H,2-10,12H2,1H3,(H3,18,19,20,24). The van der Waals surface area contributed by atoms with Gasteiger partial charge in [-0.05, 0) is 12.8 Å². The van der Waals surface area contributed by atoms with Crippen LogP contribution >= 0.6 is 0 Å². The molecule has 25 heavy (non-hydrogen) atoms. The van der Waals surface area contributed by atoms with E-state index < -0.39 is 0 Å². The molecule has 0 radical (unpaired) electrons. The zero-order valence-electron chi connectivity index (χ0n) is 14.9. The molecule has 8 nitrogen and oxygen atoms in total. The number of piperazine rings is 1. The summed E-state index contributed by atoms with van der Waals surface area (Å²) in [4.78, 5) is 36.9. The number of hydrogen-bond donors (Lipinski definition) is 2. The number of likely N-dealkylation sites (N-methyl/N-ethyl adjacent to an activating group) is 1. The van der Waals surface area contributed by atoms with Gasteiger partial charge in [-0.2, -0.15) is 4.98 Å². The molecule has 1 amide bonds. The molecule has 0 aromatic carbocycles. The number of H-pyrrole nitrogens is 1.